The molecular formula is C16H22N2O6S. The quantitative estimate of drug-likeness (QED) is 0.756. The number of carbonyl (C=O) groups excluding carboxylic acids is 1. The van der Waals surface area contributed by atoms with E-state index in [0.29, 0.717) is 13.2 Å². The van der Waals surface area contributed by atoms with Crippen LogP contribution in [0, 0.1) is 5.92 Å². The summed E-state index contributed by atoms with van der Waals surface area (Å²) >= 11 is 0. The first kappa shape index (κ1) is 19.4. The molecule has 1 saturated heterocycles. The Morgan fingerprint density at radius 2 is 1.88 bits per heavy atom. The van der Waals surface area contributed by atoms with Gasteiger partial charge in [0.25, 0.3) is 5.91 Å². The highest BCUT2D eigenvalue weighted by Gasteiger charge is 2.28. The molecule has 138 valence electrons. The Balaban J connectivity index is 2.23. The number of hydrogen-bond donors (Lipinski definition) is 2. The molecule has 1 aliphatic rings. The molecule has 0 aromatic heterocycles. The second-order valence-electron chi connectivity index (χ2n) is 6.08. The van der Waals surface area contributed by atoms with Crippen molar-refractivity contribution in [2.45, 2.75) is 24.8 Å². The number of nitrogens with zero attached hydrogens (tertiary/aromatic N) is 1. The summed E-state index contributed by atoms with van der Waals surface area (Å²) in [5, 5.41) is 11.6. The highest BCUT2D eigenvalue weighted by molar-refractivity contribution is 7.89. The topological polar surface area (TPSA) is 113 Å². The number of rotatable bonds is 6. The largest absolute Gasteiger partial charge is 0.480 e. The van der Waals surface area contributed by atoms with Gasteiger partial charge in [0.05, 0.1) is 18.1 Å². The zero-order chi connectivity index (χ0) is 18.6. The van der Waals surface area contributed by atoms with E-state index in [1.807, 2.05) is 0 Å². The molecule has 2 rings (SSSR count). The summed E-state index contributed by atoms with van der Waals surface area (Å²) in [5.74, 6) is -2.07. The third kappa shape index (κ3) is 4.56. The lowest BCUT2D eigenvalue weighted by molar-refractivity contribution is -0.140. The van der Waals surface area contributed by atoms with Crippen LogP contribution in [0.1, 0.15) is 24.2 Å². The van der Waals surface area contributed by atoms with Crippen molar-refractivity contribution in [1.82, 2.24) is 9.62 Å². The van der Waals surface area contributed by atoms with Gasteiger partial charge in [-0.3, -0.25) is 4.79 Å². The normalized spacial score (nSPS) is 17.2. The monoisotopic (exact) mass is 370 g/mol. The van der Waals surface area contributed by atoms with Gasteiger partial charge in [0, 0.05) is 18.7 Å². The maximum Gasteiger partial charge on any atom is 0.326 e. The van der Waals surface area contributed by atoms with E-state index in [2.05, 4.69) is 5.32 Å². The van der Waals surface area contributed by atoms with Gasteiger partial charge >= 0.3 is 5.97 Å². The first-order chi connectivity index (χ1) is 11.7. The van der Waals surface area contributed by atoms with E-state index in [-0.39, 0.29) is 29.5 Å². The highest BCUT2D eigenvalue weighted by Crippen LogP contribution is 2.18. The minimum Gasteiger partial charge on any atom is -0.480 e. The fraction of sp³-hybridized carbons (Fsp3) is 0.500. The number of amides is 1. The van der Waals surface area contributed by atoms with Gasteiger partial charge in [-0.05, 0) is 24.1 Å². The zero-order valence-electron chi connectivity index (χ0n) is 14.1. The van der Waals surface area contributed by atoms with Gasteiger partial charge in [-0.1, -0.05) is 19.9 Å². The third-order valence-electron chi connectivity index (χ3n) is 3.92. The molecule has 1 aliphatic heterocycles. The van der Waals surface area contributed by atoms with Crippen LogP contribution >= 0.6 is 0 Å². The Hall–Kier alpha value is -1.97. The van der Waals surface area contributed by atoms with Crippen LogP contribution in [0.25, 0.3) is 0 Å². The summed E-state index contributed by atoms with van der Waals surface area (Å²) in [6.45, 7) is 4.53. The van der Waals surface area contributed by atoms with Gasteiger partial charge in [-0.25, -0.2) is 13.2 Å². The minimum atomic E-state index is -3.72. The molecule has 0 unspecified atom stereocenters. The zero-order valence-corrected chi connectivity index (χ0v) is 15.0. The fourth-order valence-electron chi connectivity index (χ4n) is 2.47. The van der Waals surface area contributed by atoms with Crippen molar-refractivity contribution in [3.63, 3.8) is 0 Å². The molecule has 1 amide bonds. The average molecular weight is 370 g/mol. The molecule has 0 saturated carbocycles. The lowest BCUT2D eigenvalue weighted by Gasteiger charge is -2.26. The molecule has 1 aromatic rings. The van der Waals surface area contributed by atoms with Crippen LogP contribution < -0.4 is 5.32 Å². The molecule has 0 radical (unpaired) electrons. The number of hydrogen-bond acceptors (Lipinski definition) is 5. The SMILES string of the molecule is CC(C)[C@@H](NC(=O)c1cccc(S(=O)(=O)N2CCOCC2)c1)C(=O)O. The molecular weight excluding hydrogens is 348 g/mol. The average Bonchev–Trinajstić information content (AvgIpc) is 2.59. The van der Waals surface area contributed by atoms with Crippen molar-refractivity contribution in [2.75, 3.05) is 26.3 Å². The molecule has 25 heavy (non-hydrogen) atoms. The summed E-state index contributed by atoms with van der Waals surface area (Å²) in [6, 6.07) is 4.55. The molecule has 0 aliphatic carbocycles. The number of carboxylic acids is 1. The Kier molecular flexibility index (Phi) is 6.15. The molecule has 0 bridgehead atoms. The number of carboxylic acid groups (broad SMARTS) is 1. The lowest BCUT2D eigenvalue weighted by atomic mass is 10.0. The number of nitrogens with one attached hydrogen (secondary N) is 1. The Labute approximate surface area is 146 Å². The molecule has 1 fully saturated rings. The number of morpholine rings is 1. The van der Waals surface area contributed by atoms with E-state index in [1.54, 1.807) is 13.8 Å². The second kappa shape index (κ2) is 7.94. The van der Waals surface area contributed by atoms with Crippen molar-refractivity contribution in [3.8, 4) is 0 Å². The number of carbonyl (C=O) groups is 2. The van der Waals surface area contributed by atoms with E-state index in [0.717, 1.165) is 0 Å². The van der Waals surface area contributed by atoms with Crippen LogP contribution in [0.5, 0.6) is 0 Å². The minimum absolute atomic E-state index is 0.00141. The number of ether oxygens (including phenoxy) is 1. The standard InChI is InChI=1S/C16H22N2O6S/c1-11(2)14(16(20)21)17-15(19)12-4-3-5-13(10-12)25(22,23)18-6-8-24-9-7-18/h3-5,10-11,14H,6-9H2,1-2H3,(H,17,19)(H,20,21)/t14-/m1/s1. The highest BCUT2D eigenvalue weighted by atomic mass is 32.2. The third-order valence-corrected chi connectivity index (χ3v) is 5.82. The second-order valence-corrected chi connectivity index (χ2v) is 8.02. The molecule has 9 heteroatoms. The number of aliphatic carboxylic acids is 1. The van der Waals surface area contributed by atoms with Gasteiger partial charge < -0.3 is 15.2 Å². The van der Waals surface area contributed by atoms with Crippen LogP contribution in [0.15, 0.2) is 29.2 Å². The Morgan fingerprint density at radius 1 is 1.24 bits per heavy atom. The molecule has 1 atom stereocenters. The fourth-order valence-corrected chi connectivity index (χ4v) is 3.93. The van der Waals surface area contributed by atoms with Crippen LogP contribution in [-0.2, 0) is 19.6 Å². The molecule has 8 nitrogen and oxygen atoms in total. The first-order valence-electron chi connectivity index (χ1n) is 7.95. The smallest absolute Gasteiger partial charge is 0.326 e. The van der Waals surface area contributed by atoms with Crippen molar-refractivity contribution in [2.24, 2.45) is 5.92 Å². The van der Waals surface area contributed by atoms with Gasteiger partial charge in [0.15, 0.2) is 0 Å². The van der Waals surface area contributed by atoms with E-state index in [1.165, 1.54) is 28.6 Å². The van der Waals surface area contributed by atoms with Crippen LogP contribution in [0.2, 0.25) is 0 Å². The maximum absolute atomic E-state index is 12.6. The van der Waals surface area contributed by atoms with Crippen molar-refractivity contribution in [1.29, 1.82) is 0 Å². The summed E-state index contributed by atoms with van der Waals surface area (Å²) in [4.78, 5) is 23.5. The van der Waals surface area contributed by atoms with Crippen LogP contribution in [0.4, 0.5) is 0 Å². The first-order valence-corrected chi connectivity index (χ1v) is 9.39. The van der Waals surface area contributed by atoms with E-state index < -0.39 is 27.9 Å². The lowest BCUT2D eigenvalue weighted by Crippen LogP contribution is -2.44. The molecule has 2 N–H and O–H groups in total. The van der Waals surface area contributed by atoms with Crippen molar-refractivity contribution in [3.05, 3.63) is 29.8 Å². The number of sulfonamides is 1. The van der Waals surface area contributed by atoms with E-state index in [9.17, 15) is 18.0 Å². The number of benzene rings is 1. The molecule has 1 aromatic carbocycles. The van der Waals surface area contributed by atoms with Gasteiger partial charge in [-0.15, -0.1) is 0 Å². The molecule has 0 spiro atoms. The predicted octanol–water partition coefficient (Wildman–Crippen LogP) is 0.547. The van der Waals surface area contributed by atoms with Crippen LogP contribution in [0.3, 0.4) is 0 Å². The van der Waals surface area contributed by atoms with Crippen molar-refractivity contribution >= 4 is 21.9 Å². The van der Waals surface area contributed by atoms with Crippen LogP contribution in [-0.4, -0.2) is 62.1 Å². The van der Waals surface area contributed by atoms with Gasteiger partial charge in [0.2, 0.25) is 10.0 Å². The summed E-state index contributed by atoms with van der Waals surface area (Å²) < 4.78 is 31.8. The summed E-state index contributed by atoms with van der Waals surface area (Å²) in [7, 11) is -3.72. The Morgan fingerprint density at radius 3 is 2.44 bits per heavy atom. The Bertz CT molecular complexity index is 741. The predicted molar refractivity (Wildman–Crippen MR) is 89.7 cm³/mol. The van der Waals surface area contributed by atoms with E-state index in [4.69, 9.17) is 9.84 Å². The van der Waals surface area contributed by atoms with Crippen molar-refractivity contribution < 1.29 is 27.9 Å². The van der Waals surface area contributed by atoms with Gasteiger partial charge in [-0.2, -0.15) is 4.31 Å². The maximum atomic E-state index is 12.6. The van der Waals surface area contributed by atoms with E-state index >= 15 is 0 Å². The van der Waals surface area contributed by atoms with Gasteiger partial charge in [0.1, 0.15) is 6.04 Å². The summed E-state index contributed by atoms with van der Waals surface area (Å²) in [6.07, 6.45) is 0. The summed E-state index contributed by atoms with van der Waals surface area (Å²) in [5.41, 5.74) is 0.0984. The molecule has 1 heterocycles.